The van der Waals surface area contributed by atoms with Gasteiger partial charge >= 0.3 is 0 Å². The molecule has 7 nitrogen and oxygen atoms in total. The zero-order valence-corrected chi connectivity index (χ0v) is 13.7. The predicted molar refractivity (Wildman–Crippen MR) is 90.2 cm³/mol. The third-order valence-corrected chi connectivity index (χ3v) is 5.28. The van der Waals surface area contributed by atoms with Crippen molar-refractivity contribution in [1.29, 1.82) is 0 Å². The molecule has 3 rings (SSSR count). The van der Waals surface area contributed by atoms with E-state index >= 15 is 0 Å². The first-order chi connectivity index (χ1) is 11.9. The number of hydrogen-bond donors (Lipinski definition) is 2. The fourth-order valence-electron chi connectivity index (χ4n) is 2.59. The zero-order chi connectivity index (χ0) is 18.0. The first-order valence-electron chi connectivity index (χ1n) is 7.37. The number of aromatic amines is 1. The van der Waals surface area contributed by atoms with Crippen molar-refractivity contribution in [3.8, 4) is 0 Å². The number of aromatic nitrogens is 1. The smallest absolute Gasteiger partial charge is 0.289 e. The summed E-state index contributed by atoms with van der Waals surface area (Å²) in [5, 5.41) is 11.7. The van der Waals surface area contributed by atoms with Crippen molar-refractivity contribution in [2.75, 3.05) is 6.54 Å². The standard InChI is InChI=1S/C16H14FN3O4S/c17-12-5-6-14-13(9-12)11(10-18-14)7-8-19-25(23,24)16-4-2-1-3-15(16)20(21)22/h1-6,9-10,18-19H,7-8H2. The molecule has 0 atom stereocenters. The molecular formula is C16H14FN3O4S. The number of sulfonamides is 1. The van der Waals surface area contributed by atoms with Crippen molar-refractivity contribution in [2.45, 2.75) is 11.3 Å². The summed E-state index contributed by atoms with van der Waals surface area (Å²) in [5.41, 5.74) is 1.02. The maximum absolute atomic E-state index is 13.4. The molecular weight excluding hydrogens is 349 g/mol. The minimum absolute atomic E-state index is 0.0256. The maximum Gasteiger partial charge on any atom is 0.289 e. The maximum atomic E-state index is 13.4. The Morgan fingerprint density at radius 1 is 1.20 bits per heavy atom. The molecule has 130 valence electrons. The van der Waals surface area contributed by atoms with Crippen LogP contribution >= 0.6 is 0 Å². The van der Waals surface area contributed by atoms with Gasteiger partial charge in [0.15, 0.2) is 4.90 Å². The van der Waals surface area contributed by atoms with Crippen LogP contribution in [0.15, 0.2) is 53.6 Å². The second-order valence-corrected chi connectivity index (χ2v) is 7.11. The van der Waals surface area contributed by atoms with E-state index in [2.05, 4.69) is 9.71 Å². The number of nitrogens with one attached hydrogen (secondary N) is 2. The first-order valence-corrected chi connectivity index (χ1v) is 8.85. The predicted octanol–water partition coefficient (Wildman–Crippen LogP) is 2.74. The third-order valence-electron chi connectivity index (χ3n) is 3.77. The molecule has 3 aromatic rings. The van der Waals surface area contributed by atoms with Crippen molar-refractivity contribution in [3.05, 3.63) is 70.2 Å². The molecule has 0 amide bonds. The molecule has 0 spiro atoms. The monoisotopic (exact) mass is 363 g/mol. The van der Waals surface area contributed by atoms with E-state index in [-0.39, 0.29) is 17.3 Å². The molecule has 2 N–H and O–H groups in total. The molecule has 0 saturated heterocycles. The van der Waals surface area contributed by atoms with E-state index in [1.165, 1.54) is 30.3 Å². The largest absolute Gasteiger partial charge is 0.361 e. The molecule has 0 aliphatic heterocycles. The molecule has 0 unspecified atom stereocenters. The number of nitrogens with zero attached hydrogens (tertiary/aromatic N) is 1. The van der Waals surface area contributed by atoms with E-state index in [0.717, 1.165) is 17.1 Å². The van der Waals surface area contributed by atoms with Gasteiger partial charge in [-0.2, -0.15) is 0 Å². The van der Waals surface area contributed by atoms with Crippen molar-refractivity contribution < 1.29 is 17.7 Å². The Bertz CT molecular complexity index is 1050. The highest BCUT2D eigenvalue weighted by Gasteiger charge is 2.24. The van der Waals surface area contributed by atoms with Gasteiger partial charge in [-0.25, -0.2) is 17.5 Å². The van der Waals surface area contributed by atoms with Gasteiger partial charge in [0.05, 0.1) is 4.92 Å². The number of hydrogen-bond acceptors (Lipinski definition) is 4. The number of para-hydroxylation sites is 1. The normalized spacial score (nSPS) is 11.7. The first kappa shape index (κ1) is 17.1. The lowest BCUT2D eigenvalue weighted by molar-refractivity contribution is -0.387. The van der Waals surface area contributed by atoms with E-state index in [0.29, 0.717) is 11.8 Å². The van der Waals surface area contributed by atoms with E-state index < -0.39 is 20.6 Å². The average molecular weight is 363 g/mol. The number of benzene rings is 2. The minimum atomic E-state index is -4.03. The number of fused-ring (bicyclic) bond motifs is 1. The minimum Gasteiger partial charge on any atom is -0.361 e. The fourth-order valence-corrected chi connectivity index (χ4v) is 3.79. The Kier molecular flexibility index (Phi) is 4.51. The van der Waals surface area contributed by atoms with Gasteiger partial charge in [0.25, 0.3) is 5.69 Å². The van der Waals surface area contributed by atoms with Crippen molar-refractivity contribution in [2.24, 2.45) is 0 Å². The van der Waals surface area contributed by atoms with Crippen LogP contribution in [0.4, 0.5) is 10.1 Å². The van der Waals surface area contributed by atoms with Gasteiger partial charge in [0.1, 0.15) is 5.82 Å². The van der Waals surface area contributed by atoms with Gasteiger partial charge in [-0.15, -0.1) is 0 Å². The van der Waals surface area contributed by atoms with Crippen molar-refractivity contribution in [1.82, 2.24) is 9.71 Å². The van der Waals surface area contributed by atoms with Crippen LogP contribution in [0.25, 0.3) is 10.9 Å². The molecule has 0 bridgehead atoms. The van der Waals surface area contributed by atoms with Crippen LogP contribution in [-0.2, 0) is 16.4 Å². The van der Waals surface area contributed by atoms with Crippen LogP contribution in [0.5, 0.6) is 0 Å². The van der Waals surface area contributed by atoms with Gasteiger partial charge in [-0.1, -0.05) is 12.1 Å². The van der Waals surface area contributed by atoms with Crippen molar-refractivity contribution in [3.63, 3.8) is 0 Å². The van der Waals surface area contributed by atoms with Crippen LogP contribution in [0.1, 0.15) is 5.56 Å². The summed E-state index contributed by atoms with van der Waals surface area (Å²) in [6.07, 6.45) is 1.99. The Morgan fingerprint density at radius 3 is 2.72 bits per heavy atom. The molecule has 9 heteroatoms. The molecule has 25 heavy (non-hydrogen) atoms. The summed E-state index contributed by atoms with van der Waals surface area (Å²) in [6, 6.07) is 9.45. The van der Waals surface area contributed by atoms with Crippen LogP contribution in [-0.4, -0.2) is 24.9 Å². The highest BCUT2D eigenvalue weighted by molar-refractivity contribution is 7.89. The van der Waals surface area contributed by atoms with E-state index in [9.17, 15) is 22.9 Å². The van der Waals surface area contributed by atoms with Gasteiger partial charge in [0, 0.05) is 29.7 Å². The lowest BCUT2D eigenvalue weighted by atomic mass is 10.1. The van der Waals surface area contributed by atoms with Crippen molar-refractivity contribution >= 4 is 26.6 Å². The highest BCUT2D eigenvalue weighted by Crippen LogP contribution is 2.23. The lowest BCUT2D eigenvalue weighted by Crippen LogP contribution is -2.26. The zero-order valence-electron chi connectivity index (χ0n) is 12.9. The molecule has 1 aromatic heterocycles. The summed E-state index contributed by atoms with van der Waals surface area (Å²) < 4.78 is 40.3. The molecule has 1 heterocycles. The van der Waals surface area contributed by atoms with Gasteiger partial charge in [0.2, 0.25) is 10.0 Å². The van der Waals surface area contributed by atoms with Crippen LogP contribution in [0.3, 0.4) is 0 Å². The summed E-state index contributed by atoms with van der Waals surface area (Å²) >= 11 is 0. The number of nitro groups is 1. The quantitative estimate of drug-likeness (QED) is 0.519. The van der Waals surface area contributed by atoms with E-state index in [1.54, 1.807) is 12.3 Å². The Morgan fingerprint density at radius 2 is 1.96 bits per heavy atom. The topological polar surface area (TPSA) is 105 Å². The highest BCUT2D eigenvalue weighted by atomic mass is 32.2. The number of rotatable bonds is 6. The van der Waals surface area contributed by atoms with Gasteiger partial charge in [-0.05, 0) is 36.2 Å². The second kappa shape index (κ2) is 6.61. The number of nitro benzene ring substituents is 1. The summed E-state index contributed by atoms with van der Waals surface area (Å²) in [6.45, 7) is 0.0256. The Balaban J connectivity index is 1.77. The molecule has 0 aliphatic carbocycles. The SMILES string of the molecule is O=[N+]([O-])c1ccccc1S(=O)(=O)NCCc1c[nH]c2ccc(F)cc12. The van der Waals surface area contributed by atoms with Gasteiger partial charge in [-0.3, -0.25) is 10.1 Å². The molecule has 0 aliphatic rings. The van der Waals surface area contributed by atoms with Crippen LogP contribution in [0, 0.1) is 15.9 Å². The van der Waals surface area contributed by atoms with Gasteiger partial charge < -0.3 is 4.98 Å². The van der Waals surface area contributed by atoms with E-state index in [1.807, 2.05) is 0 Å². The van der Waals surface area contributed by atoms with Crippen LogP contribution < -0.4 is 4.72 Å². The summed E-state index contributed by atoms with van der Waals surface area (Å²) in [4.78, 5) is 12.8. The Hall–Kier alpha value is -2.78. The molecule has 0 fully saturated rings. The van der Waals surface area contributed by atoms with E-state index in [4.69, 9.17) is 0 Å². The third kappa shape index (κ3) is 3.52. The second-order valence-electron chi connectivity index (χ2n) is 5.38. The molecule has 0 saturated carbocycles. The molecule has 0 radical (unpaired) electrons. The number of H-pyrrole nitrogens is 1. The Labute approximate surface area is 142 Å². The van der Waals surface area contributed by atoms with Crippen LogP contribution in [0.2, 0.25) is 0 Å². The molecule has 2 aromatic carbocycles. The fraction of sp³-hybridized carbons (Fsp3) is 0.125. The summed E-state index contributed by atoms with van der Waals surface area (Å²) in [5.74, 6) is -0.381. The number of halogens is 1. The average Bonchev–Trinajstić information content (AvgIpc) is 2.97. The lowest BCUT2D eigenvalue weighted by Gasteiger charge is -2.07. The summed E-state index contributed by atoms with van der Waals surface area (Å²) in [7, 11) is -4.03.